The quantitative estimate of drug-likeness (QED) is 0.486. The van der Waals surface area contributed by atoms with Crippen LogP contribution in [0, 0.1) is 3.57 Å². The molecule has 0 unspecified atom stereocenters. The standard InChI is InChI=1S/C16H13BrINO4/c1-22-14-7-10(6-12(18)16(14)23-9-15(20)21)8-19-13-5-3-2-4-11(13)17/h2-8H,9H2,1H3,(H,20,21). The molecule has 5 nitrogen and oxygen atoms in total. The number of benzene rings is 2. The molecule has 0 saturated heterocycles. The molecule has 2 rings (SSSR count). The third-order valence-electron chi connectivity index (χ3n) is 2.80. The van der Waals surface area contributed by atoms with Gasteiger partial charge in [-0.1, -0.05) is 12.1 Å². The molecule has 2 aromatic carbocycles. The number of para-hydroxylation sites is 1. The minimum absolute atomic E-state index is 0.411. The van der Waals surface area contributed by atoms with Crippen LogP contribution < -0.4 is 9.47 Å². The predicted molar refractivity (Wildman–Crippen MR) is 100 cm³/mol. The number of carbonyl (C=O) groups is 1. The van der Waals surface area contributed by atoms with Crippen LogP contribution in [0.2, 0.25) is 0 Å². The Hall–Kier alpha value is -1.61. The summed E-state index contributed by atoms with van der Waals surface area (Å²) in [5.41, 5.74) is 1.64. The van der Waals surface area contributed by atoms with Crippen molar-refractivity contribution in [3.05, 3.63) is 50.0 Å². The lowest BCUT2D eigenvalue weighted by Gasteiger charge is -2.12. The van der Waals surface area contributed by atoms with Gasteiger partial charge in [0.2, 0.25) is 0 Å². The Labute approximate surface area is 155 Å². The fraction of sp³-hybridized carbons (Fsp3) is 0.125. The van der Waals surface area contributed by atoms with Gasteiger partial charge in [0.15, 0.2) is 18.1 Å². The second-order valence-corrected chi connectivity index (χ2v) is 6.44. The summed E-state index contributed by atoms with van der Waals surface area (Å²) >= 11 is 5.52. The normalized spacial score (nSPS) is 10.7. The third-order valence-corrected chi connectivity index (χ3v) is 4.27. The molecule has 0 bridgehead atoms. The Balaban J connectivity index is 2.29. The van der Waals surface area contributed by atoms with Crippen molar-refractivity contribution in [3.63, 3.8) is 0 Å². The molecule has 120 valence electrons. The number of carboxylic acid groups (broad SMARTS) is 1. The Bertz CT molecular complexity index is 749. The van der Waals surface area contributed by atoms with E-state index in [0.29, 0.717) is 11.5 Å². The summed E-state index contributed by atoms with van der Waals surface area (Å²) < 4.78 is 12.2. The van der Waals surface area contributed by atoms with E-state index in [1.807, 2.05) is 30.3 Å². The first-order valence-electron chi connectivity index (χ1n) is 6.52. The molecule has 0 aliphatic heterocycles. The maximum Gasteiger partial charge on any atom is 0.341 e. The van der Waals surface area contributed by atoms with E-state index in [2.05, 4.69) is 43.5 Å². The van der Waals surface area contributed by atoms with Gasteiger partial charge in [-0.05, 0) is 68.3 Å². The molecule has 0 atom stereocenters. The monoisotopic (exact) mass is 489 g/mol. The highest BCUT2D eigenvalue weighted by Crippen LogP contribution is 2.34. The Kier molecular flexibility index (Phi) is 6.40. The second-order valence-electron chi connectivity index (χ2n) is 4.43. The van der Waals surface area contributed by atoms with E-state index in [-0.39, 0.29) is 0 Å². The van der Waals surface area contributed by atoms with E-state index in [4.69, 9.17) is 14.6 Å². The van der Waals surface area contributed by atoms with E-state index in [0.717, 1.165) is 19.3 Å². The molecule has 23 heavy (non-hydrogen) atoms. The van der Waals surface area contributed by atoms with Crippen molar-refractivity contribution in [2.24, 2.45) is 4.99 Å². The van der Waals surface area contributed by atoms with Crippen molar-refractivity contribution in [1.29, 1.82) is 0 Å². The van der Waals surface area contributed by atoms with Crippen LogP contribution in [0.15, 0.2) is 45.9 Å². The van der Waals surface area contributed by atoms with Crippen molar-refractivity contribution in [2.75, 3.05) is 13.7 Å². The Morgan fingerprint density at radius 3 is 2.78 bits per heavy atom. The van der Waals surface area contributed by atoms with Crippen LogP contribution in [0.1, 0.15) is 5.56 Å². The molecule has 0 spiro atoms. The fourth-order valence-electron chi connectivity index (χ4n) is 1.79. The first-order chi connectivity index (χ1) is 11.0. The van der Waals surface area contributed by atoms with Crippen molar-refractivity contribution < 1.29 is 19.4 Å². The largest absolute Gasteiger partial charge is 0.493 e. The van der Waals surface area contributed by atoms with E-state index < -0.39 is 12.6 Å². The number of ether oxygens (including phenoxy) is 2. The maximum atomic E-state index is 10.6. The zero-order chi connectivity index (χ0) is 16.8. The van der Waals surface area contributed by atoms with Crippen molar-refractivity contribution in [2.45, 2.75) is 0 Å². The molecule has 0 heterocycles. The molecule has 0 aromatic heterocycles. The lowest BCUT2D eigenvalue weighted by molar-refractivity contribution is -0.139. The lowest BCUT2D eigenvalue weighted by Crippen LogP contribution is -2.11. The number of hydrogen-bond acceptors (Lipinski definition) is 4. The van der Waals surface area contributed by atoms with Crippen molar-refractivity contribution in [1.82, 2.24) is 0 Å². The van der Waals surface area contributed by atoms with Gasteiger partial charge in [-0.2, -0.15) is 0 Å². The van der Waals surface area contributed by atoms with Crippen LogP contribution in [0.4, 0.5) is 5.69 Å². The number of aliphatic carboxylic acids is 1. The van der Waals surface area contributed by atoms with Gasteiger partial charge in [-0.3, -0.25) is 4.99 Å². The van der Waals surface area contributed by atoms with Gasteiger partial charge in [0.1, 0.15) is 0 Å². The van der Waals surface area contributed by atoms with Crippen LogP contribution >= 0.6 is 38.5 Å². The Morgan fingerprint density at radius 2 is 2.13 bits per heavy atom. The summed E-state index contributed by atoms with van der Waals surface area (Å²) in [6.07, 6.45) is 1.71. The average Bonchev–Trinajstić information content (AvgIpc) is 2.52. The van der Waals surface area contributed by atoms with E-state index in [1.54, 1.807) is 12.3 Å². The highest BCUT2D eigenvalue weighted by Gasteiger charge is 2.12. The van der Waals surface area contributed by atoms with Gasteiger partial charge < -0.3 is 14.6 Å². The minimum Gasteiger partial charge on any atom is -0.493 e. The molecule has 0 saturated carbocycles. The Morgan fingerprint density at radius 1 is 1.39 bits per heavy atom. The summed E-state index contributed by atoms with van der Waals surface area (Å²) in [7, 11) is 1.51. The smallest absolute Gasteiger partial charge is 0.341 e. The van der Waals surface area contributed by atoms with E-state index >= 15 is 0 Å². The highest BCUT2D eigenvalue weighted by atomic mass is 127. The third kappa shape index (κ3) is 4.93. The van der Waals surface area contributed by atoms with Crippen LogP contribution in [0.3, 0.4) is 0 Å². The van der Waals surface area contributed by atoms with Gasteiger partial charge in [0.25, 0.3) is 0 Å². The number of carboxylic acids is 1. The zero-order valence-electron chi connectivity index (χ0n) is 12.1. The molecule has 0 fully saturated rings. The summed E-state index contributed by atoms with van der Waals surface area (Å²) in [5, 5.41) is 8.73. The number of aliphatic imine (C=N–C) groups is 1. The van der Waals surface area contributed by atoms with Gasteiger partial charge in [0, 0.05) is 10.7 Å². The number of methoxy groups -OCH3 is 1. The number of halogens is 2. The predicted octanol–water partition coefficient (Wildman–Crippen LogP) is 4.28. The number of rotatable bonds is 6. The van der Waals surface area contributed by atoms with Gasteiger partial charge in [-0.25, -0.2) is 4.79 Å². The molecule has 1 N–H and O–H groups in total. The van der Waals surface area contributed by atoms with Crippen LogP contribution in [0.5, 0.6) is 11.5 Å². The van der Waals surface area contributed by atoms with Gasteiger partial charge in [0.05, 0.1) is 16.4 Å². The number of nitrogens with zero attached hydrogens (tertiary/aromatic N) is 1. The molecule has 0 amide bonds. The van der Waals surface area contributed by atoms with Crippen molar-refractivity contribution in [3.8, 4) is 11.5 Å². The average molecular weight is 490 g/mol. The fourth-order valence-corrected chi connectivity index (χ4v) is 2.96. The molecular formula is C16H13BrINO4. The first kappa shape index (κ1) is 17.7. The molecule has 0 radical (unpaired) electrons. The van der Waals surface area contributed by atoms with E-state index in [9.17, 15) is 4.79 Å². The maximum absolute atomic E-state index is 10.6. The van der Waals surface area contributed by atoms with Crippen LogP contribution in [-0.2, 0) is 4.79 Å². The molecule has 7 heteroatoms. The number of hydrogen-bond donors (Lipinski definition) is 1. The van der Waals surface area contributed by atoms with Gasteiger partial charge in [-0.15, -0.1) is 0 Å². The summed E-state index contributed by atoms with van der Waals surface area (Å²) in [6, 6.07) is 11.2. The van der Waals surface area contributed by atoms with Crippen LogP contribution in [-0.4, -0.2) is 31.0 Å². The minimum atomic E-state index is -1.04. The highest BCUT2D eigenvalue weighted by molar-refractivity contribution is 14.1. The lowest BCUT2D eigenvalue weighted by atomic mass is 10.2. The molecular weight excluding hydrogens is 477 g/mol. The SMILES string of the molecule is COc1cc(C=Nc2ccccc2Br)cc(I)c1OCC(=O)O. The molecule has 2 aromatic rings. The summed E-state index contributed by atoms with van der Waals surface area (Å²) in [4.78, 5) is 15.1. The first-order valence-corrected chi connectivity index (χ1v) is 8.39. The summed E-state index contributed by atoms with van der Waals surface area (Å²) in [6.45, 7) is -0.420. The summed E-state index contributed by atoms with van der Waals surface area (Å²) in [5.74, 6) is -0.164. The van der Waals surface area contributed by atoms with Gasteiger partial charge >= 0.3 is 5.97 Å². The van der Waals surface area contributed by atoms with Crippen LogP contribution in [0.25, 0.3) is 0 Å². The molecule has 0 aliphatic rings. The topological polar surface area (TPSA) is 68.1 Å². The second kappa shape index (κ2) is 8.30. The van der Waals surface area contributed by atoms with Crippen molar-refractivity contribution >= 4 is 56.4 Å². The van der Waals surface area contributed by atoms with E-state index in [1.165, 1.54) is 7.11 Å². The zero-order valence-corrected chi connectivity index (χ0v) is 15.9. The molecule has 0 aliphatic carbocycles.